The van der Waals surface area contributed by atoms with Crippen LogP contribution in [0, 0.1) is 0 Å². The van der Waals surface area contributed by atoms with E-state index >= 15 is 0 Å². The summed E-state index contributed by atoms with van der Waals surface area (Å²) in [5.41, 5.74) is 2.28. The molecular weight excluding hydrogens is 502 g/mol. The van der Waals surface area contributed by atoms with E-state index in [0.717, 1.165) is 34.2 Å². The van der Waals surface area contributed by atoms with Gasteiger partial charge in [-0.15, -0.1) is 0 Å². The summed E-state index contributed by atoms with van der Waals surface area (Å²) in [6.07, 6.45) is 4.29. The van der Waals surface area contributed by atoms with E-state index in [1.54, 1.807) is 12.3 Å². The first-order chi connectivity index (χ1) is 16.0. The van der Waals surface area contributed by atoms with Crippen molar-refractivity contribution in [2.45, 2.75) is 32.8 Å². The van der Waals surface area contributed by atoms with Gasteiger partial charge in [0, 0.05) is 21.5 Å². The predicted molar refractivity (Wildman–Crippen MR) is 138 cm³/mol. The van der Waals surface area contributed by atoms with Crippen molar-refractivity contribution in [2.75, 3.05) is 0 Å². The summed E-state index contributed by atoms with van der Waals surface area (Å²) in [6, 6.07) is 20.7. The topological polar surface area (TPSA) is 56.5 Å². The molecule has 0 aliphatic carbocycles. The number of halogens is 2. The third kappa shape index (κ3) is 5.70. The van der Waals surface area contributed by atoms with E-state index < -0.39 is 0 Å². The maximum atomic E-state index is 13.1. The molecule has 1 heterocycles. The number of nitrogens with zero attached hydrogens (tertiary/aromatic N) is 3. The van der Waals surface area contributed by atoms with E-state index in [0.29, 0.717) is 34.8 Å². The number of fused-ring (bicyclic) bond motifs is 1. The lowest BCUT2D eigenvalue weighted by molar-refractivity contribution is 0.306. The zero-order valence-corrected chi connectivity index (χ0v) is 20.5. The van der Waals surface area contributed by atoms with Gasteiger partial charge in [0.05, 0.1) is 17.1 Å². The molecule has 0 saturated heterocycles. The van der Waals surface area contributed by atoms with E-state index in [1.807, 2.05) is 60.7 Å². The second-order valence-electron chi connectivity index (χ2n) is 7.60. The van der Waals surface area contributed by atoms with Crippen LogP contribution in [0.1, 0.15) is 36.7 Å². The van der Waals surface area contributed by atoms with Crippen LogP contribution >= 0.6 is 27.5 Å². The SMILES string of the molecule is CCCCc1nc2ccc(Br)cc2c(=O)n1N=Cc1ccc(OCc2ccccc2Cl)cc1. The van der Waals surface area contributed by atoms with E-state index in [4.69, 9.17) is 21.3 Å². The normalized spacial score (nSPS) is 11.4. The minimum Gasteiger partial charge on any atom is -0.489 e. The Bertz CT molecular complexity index is 1350. The highest BCUT2D eigenvalue weighted by molar-refractivity contribution is 9.10. The molecule has 0 bridgehead atoms. The average Bonchev–Trinajstić information content (AvgIpc) is 2.83. The lowest BCUT2D eigenvalue weighted by Gasteiger charge is -2.09. The zero-order chi connectivity index (χ0) is 23.2. The third-order valence-corrected chi connectivity index (χ3v) is 6.05. The van der Waals surface area contributed by atoms with Crippen LogP contribution in [-0.2, 0) is 13.0 Å². The van der Waals surface area contributed by atoms with Crippen molar-refractivity contribution in [3.8, 4) is 5.75 Å². The van der Waals surface area contributed by atoms with Crippen LogP contribution in [0.25, 0.3) is 10.9 Å². The summed E-state index contributed by atoms with van der Waals surface area (Å²) in [5.74, 6) is 1.39. The highest BCUT2D eigenvalue weighted by Gasteiger charge is 2.11. The molecule has 0 saturated carbocycles. The molecule has 4 rings (SSSR count). The molecule has 0 spiro atoms. The van der Waals surface area contributed by atoms with Crippen LogP contribution in [0.4, 0.5) is 0 Å². The summed E-state index contributed by atoms with van der Waals surface area (Å²) in [7, 11) is 0. The lowest BCUT2D eigenvalue weighted by atomic mass is 10.2. The van der Waals surface area contributed by atoms with Crippen molar-refractivity contribution in [1.29, 1.82) is 0 Å². The molecule has 33 heavy (non-hydrogen) atoms. The Hall–Kier alpha value is -2.96. The largest absolute Gasteiger partial charge is 0.489 e. The Balaban J connectivity index is 1.56. The minimum absolute atomic E-state index is 0.177. The molecule has 7 heteroatoms. The zero-order valence-electron chi connectivity index (χ0n) is 18.2. The van der Waals surface area contributed by atoms with E-state index in [1.165, 1.54) is 4.68 Å². The molecule has 0 aliphatic rings. The fraction of sp³-hybridized carbons (Fsp3) is 0.192. The van der Waals surface area contributed by atoms with E-state index in [-0.39, 0.29) is 5.56 Å². The fourth-order valence-corrected chi connectivity index (χ4v) is 3.91. The van der Waals surface area contributed by atoms with Crippen LogP contribution in [0.15, 0.2) is 81.1 Å². The minimum atomic E-state index is -0.177. The van der Waals surface area contributed by atoms with Crippen LogP contribution in [-0.4, -0.2) is 15.9 Å². The summed E-state index contributed by atoms with van der Waals surface area (Å²) < 4.78 is 8.07. The number of rotatable bonds is 8. The molecular formula is C26H23BrClN3O2. The second-order valence-corrected chi connectivity index (χ2v) is 8.93. The first-order valence-electron chi connectivity index (χ1n) is 10.8. The van der Waals surface area contributed by atoms with Crippen LogP contribution in [0.5, 0.6) is 5.75 Å². The molecule has 0 amide bonds. The molecule has 0 unspecified atom stereocenters. The number of unbranched alkanes of at least 4 members (excludes halogenated alkanes) is 1. The van der Waals surface area contributed by atoms with Gasteiger partial charge in [0.2, 0.25) is 0 Å². The molecule has 1 aromatic heterocycles. The summed E-state index contributed by atoms with van der Waals surface area (Å²) >= 11 is 9.62. The molecule has 0 N–H and O–H groups in total. The van der Waals surface area contributed by atoms with Crippen molar-refractivity contribution in [3.63, 3.8) is 0 Å². The van der Waals surface area contributed by atoms with Gasteiger partial charge in [-0.3, -0.25) is 4.79 Å². The summed E-state index contributed by atoms with van der Waals surface area (Å²) in [6.45, 7) is 2.50. The Kier molecular flexibility index (Phi) is 7.57. The van der Waals surface area contributed by atoms with Crippen molar-refractivity contribution in [3.05, 3.63) is 104 Å². The monoisotopic (exact) mass is 523 g/mol. The summed E-state index contributed by atoms with van der Waals surface area (Å²) in [5, 5.41) is 5.70. The number of aryl methyl sites for hydroxylation is 1. The van der Waals surface area contributed by atoms with Crippen LogP contribution < -0.4 is 10.3 Å². The maximum absolute atomic E-state index is 13.1. The van der Waals surface area contributed by atoms with Crippen molar-refractivity contribution >= 4 is 44.6 Å². The number of hydrogen-bond acceptors (Lipinski definition) is 4. The summed E-state index contributed by atoms with van der Waals surface area (Å²) in [4.78, 5) is 17.8. The predicted octanol–water partition coefficient (Wildman–Crippen LogP) is 6.62. The molecule has 5 nitrogen and oxygen atoms in total. The molecule has 0 fully saturated rings. The molecule has 0 aliphatic heterocycles. The molecule has 168 valence electrons. The molecule has 3 aromatic carbocycles. The molecule has 4 aromatic rings. The second kappa shape index (κ2) is 10.8. The fourth-order valence-electron chi connectivity index (χ4n) is 3.36. The first-order valence-corrected chi connectivity index (χ1v) is 11.9. The van der Waals surface area contributed by atoms with Gasteiger partial charge in [0.25, 0.3) is 5.56 Å². The van der Waals surface area contributed by atoms with Gasteiger partial charge in [-0.1, -0.05) is 59.1 Å². The highest BCUT2D eigenvalue weighted by atomic mass is 79.9. The first kappa shape index (κ1) is 23.2. The number of benzene rings is 3. The van der Waals surface area contributed by atoms with Gasteiger partial charge in [0.15, 0.2) is 0 Å². The van der Waals surface area contributed by atoms with E-state index in [9.17, 15) is 4.79 Å². The Morgan fingerprint density at radius 1 is 1.12 bits per heavy atom. The van der Waals surface area contributed by atoms with Gasteiger partial charge in [-0.25, -0.2) is 4.98 Å². The van der Waals surface area contributed by atoms with Crippen molar-refractivity contribution < 1.29 is 4.74 Å². The quantitative estimate of drug-likeness (QED) is 0.244. The standard InChI is InChI=1S/C26H23BrClN3O2/c1-2-3-8-25-30-24-14-11-20(27)15-22(24)26(32)31(25)29-16-18-9-12-21(13-10-18)33-17-19-6-4-5-7-23(19)28/h4-7,9-16H,2-3,8,17H2,1H3. The van der Waals surface area contributed by atoms with Crippen LogP contribution in [0.3, 0.4) is 0 Å². The number of ether oxygens (including phenoxy) is 1. The number of hydrogen-bond donors (Lipinski definition) is 0. The number of aromatic nitrogens is 2. The van der Waals surface area contributed by atoms with Gasteiger partial charge in [-0.2, -0.15) is 9.78 Å². The van der Waals surface area contributed by atoms with Gasteiger partial charge < -0.3 is 4.74 Å². The molecule has 0 atom stereocenters. The van der Waals surface area contributed by atoms with Crippen molar-refractivity contribution in [1.82, 2.24) is 9.66 Å². The van der Waals surface area contributed by atoms with Gasteiger partial charge in [0.1, 0.15) is 18.2 Å². The van der Waals surface area contributed by atoms with Gasteiger partial charge >= 0.3 is 0 Å². The average molecular weight is 525 g/mol. The Morgan fingerprint density at radius 2 is 1.91 bits per heavy atom. The molecule has 0 radical (unpaired) electrons. The van der Waals surface area contributed by atoms with Crippen molar-refractivity contribution in [2.24, 2.45) is 5.10 Å². The highest BCUT2D eigenvalue weighted by Crippen LogP contribution is 2.19. The lowest BCUT2D eigenvalue weighted by Crippen LogP contribution is -2.22. The smallest absolute Gasteiger partial charge is 0.282 e. The Morgan fingerprint density at radius 3 is 2.67 bits per heavy atom. The maximum Gasteiger partial charge on any atom is 0.282 e. The third-order valence-electron chi connectivity index (χ3n) is 5.18. The Labute approximate surface area is 205 Å². The van der Waals surface area contributed by atoms with E-state index in [2.05, 4.69) is 28.0 Å². The van der Waals surface area contributed by atoms with Gasteiger partial charge in [-0.05, 0) is 60.5 Å². The van der Waals surface area contributed by atoms with Crippen LogP contribution in [0.2, 0.25) is 5.02 Å².